The molecular formula is C19H20O4. The van der Waals surface area contributed by atoms with E-state index in [1.807, 2.05) is 37.3 Å². The van der Waals surface area contributed by atoms with Crippen LogP contribution in [-0.2, 0) is 0 Å². The molecule has 0 spiro atoms. The van der Waals surface area contributed by atoms with E-state index in [0.29, 0.717) is 36.0 Å². The molecule has 0 fully saturated rings. The van der Waals surface area contributed by atoms with E-state index < -0.39 is 0 Å². The molecule has 0 aromatic heterocycles. The Hall–Kier alpha value is -2.75. The summed E-state index contributed by atoms with van der Waals surface area (Å²) in [7, 11) is 1.61. The van der Waals surface area contributed by atoms with E-state index in [2.05, 4.69) is 0 Å². The highest BCUT2D eigenvalue weighted by Gasteiger charge is 2.05. The first-order valence-electron chi connectivity index (χ1n) is 7.38. The minimum absolute atomic E-state index is 0.377. The number of aldehydes is 1. The monoisotopic (exact) mass is 312 g/mol. The highest BCUT2D eigenvalue weighted by Crippen LogP contribution is 2.28. The van der Waals surface area contributed by atoms with Crippen molar-refractivity contribution in [1.29, 1.82) is 0 Å². The maximum Gasteiger partial charge on any atom is 0.161 e. The van der Waals surface area contributed by atoms with E-state index in [0.717, 1.165) is 11.8 Å². The maximum absolute atomic E-state index is 10.7. The summed E-state index contributed by atoms with van der Waals surface area (Å²) in [6, 6.07) is 12.8. The van der Waals surface area contributed by atoms with Crippen molar-refractivity contribution in [3.05, 3.63) is 59.7 Å². The van der Waals surface area contributed by atoms with Crippen LogP contribution >= 0.6 is 0 Å². The lowest BCUT2D eigenvalue weighted by molar-refractivity contribution is 0.112. The van der Waals surface area contributed by atoms with Gasteiger partial charge in [0.1, 0.15) is 25.2 Å². The summed E-state index contributed by atoms with van der Waals surface area (Å²) in [5, 5.41) is 0. The molecule has 0 N–H and O–H groups in total. The minimum atomic E-state index is 0.377. The number of allylic oxidation sites excluding steroid dienone is 1. The van der Waals surface area contributed by atoms with Gasteiger partial charge in [0, 0.05) is 5.56 Å². The van der Waals surface area contributed by atoms with Crippen LogP contribution in [0.25, 0.3) is 6.08 Å². The van der Waals surface area contributed by atoms with Gasteiger partial charge in [-0.15, -0.1) is 0 Å². The highest BCUT2D eigenvalue weighted by atomic mass is 16.5. The largest absolute Gasteiger partial charge is 0.493 e. The Balaban J connectivity index is 1.89. The predicted molar refractivity (Wildman–Crippen MR) is 90.5 cm³/mol. The second kappa shape index (κ2) is 8.63. The second-order valence-electron chi connectivity index (χ2n) is 4.80. The molecule has 0 unspecified atom stereocenters. The Morgan fingerprint density at radius 3 is 2.52 bits per heavy atom. The van der Waals surface area contributed by atoms with E-state index in [1.165, 1.54) is 0 Å². The lowest BCUT2D eigenvalue weighted by Gasteiger charge is -2.12. The predicted octanol–water partition coefficient (Wildman–Crippen LogP) is 4.00. The zero-order chi connectivity index (χ0) is 16.5. The molecular weight excluding hydrogens is 292 g/mol. The van der Waals surface area contributed by atoms with E-state index in [9.17, 15) is 4.79 Å². The third kappa shape index (κ3) is 4.88. The number of carbonyl (C=O) groups excluding carboxylic acids is 1. The molecule has 23 heavy (non-hydrogen) atoms. The smallest absolute Gasteiger partial charge is 0.161 e. The zero-order valence-electron chi connectivity index (χ0n) is 13.3. The number of methoxy groups -OCH3 is 1. The van der Waals surface area contributed by atoms with Crippen molar-refractivity contribution in [3.63, 3.8) is 0 Å². The van der Waals surface area contributed by atoms with Crippen LogP contribution < -0.4 is 14.2 Å². The van der Waals surface area contributed by atoms with Crippen molar-refractivity contribution in [1.82, 2.24) is 0 Å². The topological polar surface area (TPSA) is 44.8 Å². The summed E-state index contributed by atoms with van der Waals surface area (Å²) < 4.78 is 16.6. The van der Waals surface area contributed by atoms with Gasteiger partial charge in [-0.3, -0.25) is 4.79 Å². The van der Waals surface area contributed by atoms with Gasteiger partial charge in [0.2, 0.25) is 0 Å². The molecule has 0 aliphatic heterocycles. The first-order chi connectivity index (χ1) is 11.3. The van der Waals surface area contributed by atoms with Gasteiger partial charge in [0.05, 0.1) is 7.11 Å². The summed E-state index contributed by atoms with van der Waals surface area (Å²) in [5.41, 5.74) is 1.64. The van der Waals surface area contributed by atoms with Crippen LogP contribution in [0.3, 0.4) is 0 Å². The third-order valence-electron chi connectivity index (χ3n) is 3.15. The van der Waals surface area contributed by atoms with Gasteiger partial charge in [-0.1, -0.05) is 30.4 Å². The normalized spacial score (nSPS) is 10.5. The Morgan fingerprint density at radius 2 is 1.78 bits per heavy atom. The van der Waals surface area contributed by atoms with Crippen LogP contribution in [-0.4, -0.2) is 26.6 Å². The van der Waals surface area contributed by atoms with Gasteiger partial charge in [-0.05, 0) is 36.8 Å². The lowest BCUT2D eigenvalue weighted by atomic mass is 10.2. The molecule has 0 aliphatic rings. The number of hydrogen-bond donors (Lipinski definition) is 0. The molecule has 0 saturated heterocycles. The van der Waals surface area contributed by atoms with Crippen LogP contribution in [0, 0.1) is 0 Å². The van der Waals surface area contributed by atoms with Gasteiger partial charge < -0.3 is 14.2 Å². The quantitative estimate of drug-likeness (QED) is 0.546. The molecule has 2 aromatic rings. The summed E-state index contributed by atoms with van der Waals surface area (Å²) in [5.74, 6) is 2.00. The molecule has 0 aliphatic carbocycles. The van der Waals surface area contributed by atoms with Crippen LogP contribution in [0.15, 0.2) is 48.5 Å². The highest BCUT2D eigenvalue weighted by molar-refractivity contribution is 5.75. The first-order valence-corrected chi connectivity index (χ1v) is 7.38. The fourth-order valence-electron chi connectivity index (χ4n) is 2.09. The van der Waals surface area contributed by atoms with Crippen molar-refractivity contribution < 1.29 is 19.0 Å². The van der Waals surface area contributed by atoms with E-state index >= 15 is 0 Å². The lowest BCUT2D eigenvalue weighted by Crippen LogP contribution is -2.09. The number of rotatable bonds is 8. The van der Waals surface area contributed by atoms with Gasteiger partial charge in [0.25, 0.3) is 0 Å². The van der Waals surface area contributed by atoms with Gasteiger partial charge in [-0.25, -0.2) is 0 Å². The molecule has 0 saturated carbocycles. The Bertz CT molecular complexity index is 677. The number of hydrogen-bond acceptors (Lipinski definition) is 4. The summed E-state index contributed by atoms with van der Waals surface area (Å²) in [4.78, 5) is 10.7. The van der Waals surface area contributed by atoms with Crippen molar-refractivity contribution in [2.75, 3.05) is 20.3 Å². The molecule has 0 atom stereocenters. The van der Waals surface area contributed by atoms with Crippen LogP contribution in [0.5, 0.6) is 17.2 Å². The molecule has 2 rings (SSSR count). The number of benzene rings is 2. The van der Waals surface area contributed by atoms with Crippen molar-refractivity contribution in [2.45, 2.75) is 6.92 Å². The van der Waals surface area contributed by atoms with Gasteiger partial charge >= 0.3 is 0 Å². The molecule has 2 aromatic carbocycles. The summed E-state index contributed by atoms with van der Waals surface area (Å²) in [6.45, 7) is 2.72. The van der Waals surface area contributed by atoms with Gasteiger partial charge in [-0.2, -0.15) is 0 Å². The Labute approximate surface area is 136 Å². The molecule has 0 bridgehead atoms. The standard InChI is InChI=1S/C19H20O4/c1-3-5-15-8-9-18(19(13-15)21-2)23-11-10-22-17-7-4-6-16(12-17)14-20/h3-9,12-14H,10-11H2,1-2H3. The Morgan fingerprint density at radius 1 is 0.957 bits per heavy atom. The van der Waals surface area contributed by atoms with Gasteiger partial charge in [0.15, 0.2) is 11.5 Å². The van der Waals surface area contributed by atoms with Crippen molar-refractivity contribution >= 4 is 12.4 Å². The summed E-state index contributed by atoms with van der Waals surface area (Å²) in [6.07, 6.45) is 4.76. The first kappa shape index (κ1) is 16.6. The molecule has 4 nitrogen and oxygen atoms in total. The average molecular weight is 312 g/mol. The average Bonchev–Trinajstić information content (AvgIpc) is 2.60. The van der Waals surface area contributed by atoms with Crippen molar-refractivity contribution in [2.24, 2.45) is 0 Å². The molecule has 4 heteroatoms. The molecule has 120 valence electrons. The molecule has 0 radical (unpaired) electrons. The maximum atomic E-state index is 10.7. The van der Waals surface area contributed by atoms with E-state index in [4.69, 9.17) is 14.2 Å². The molecule has 0 heterocycles. The van der Waals surface area contributed by atoms with E-state index in [1.54, 1.807) is 31.4 Å². The fraction of sp³-hybridized carbons (Fsp3) is 0.211. The van der Waals surface area contributed by atoms with Crippen LogP contribution in [0.2, 0.25) is 0 Å². The van der Waals surface area contributed by atoms with E-state index in [-0.39, 0.29) is 0 Å². The fourth-order valence-corrected chi connectivity index (χ4v) is 2.09. The number of ether oxygens (including phenoxy) is 3. The zero-order valence-corrected chi connectivity index (χ0v) is 13.3. The van der Waals surface area contributed by atoms with Crippen LogP contribution in [0.1, 0.15) is 22.8 Å². The minimum Gasteiger partial charge on any atom is -0.493 e. The van der Waals surface area contributed by atoms with Crippen LogP contribution in [0.4, 0.5) is 0 Å². The molecule has 0 amide bonds. The van der Waals surface area contributed by atoms with Crippen molar-refractivity contribution in [3.8, 4) is 17.2 Å². The number of carbonyl (C=O) groups is 1. The second-order valence-corrected chi connectivity index (χ2v) is 4.80. The SMILES string of the molecule is CC=Cc1ccc(OCCOc2cccc(C=O)c2)c(OC)c1. The third-order valence-corrected chi connectivity index (χ3v) is 3.15. The Kier molecular flexibility index (Phi) is 6.24. The summed E-state index contributed by atoms with van der Waals surface area (Å²) >= 11 is 0.